The molecule has 0 aliphatic carbocycles. The summed E-state index contributed by atoms with van der Waals surface area (Å²) in [6.45, 7) is 5.73. The molecule has 6 nitrogen and oxygen atoms in total. The lowest BCUT2D eigenvalue weighted by atomic mass is 9.89. The maximum Gasteiger partial charge on any atom is 0.320 e. The normalized spacial score (nSPS) is 39.9. The summed E-state index contributed by atoms with van der Waals surface area (Å²) in [4.78, 5) is 30.3. The Labute approximate surface area is 125 Å². The van der Waals surface area contributed by atoms with Gasteiger partial charge in [-0.2, -0.15) is 0 Å². The smallest absolute Gasteiger partial charge is 0.320 e. The van der Waals surface area contributed by atoms with Crippen molar-refractivity contribution < 1.29 is 14.7 Å². The zero-order valence-corrected chi connectivity index (χ0v) is 13.0. The molecule has 21 heavy (non-hydrogen) atoms. The van der Waals surface area contributed by atoms with E-state index in [1.54, 1.807) is 0 Å². The van der Waals surface area contributed by atoms with E-state index in [-0.39, 0.29) is 24.0 Å². The molecule has 0 radical (unpaired) electrons. The summed E-state index contributed by atoms with van der Waals surface area (Å²) in [5.41, 5.74) is 0. The summed E-state index contributed by atoms with van der Waals surface area (Å²) in [6, 6.07) is 0.777. The number of likely N-dealkylation sites (N-methyl/N-ethyl adjacent to an activating group) is 1. The van der Waals surface area contributed by atoms with E-state index in [9.17, 15) is 14.7 Å². The molecule has 3 aliphatic heterocycles. The van der Waals surface area contributed by atoms with Crippen molar-refractivity contribution in [2.45, 2.75) is 57.3 Å². The van der Waals surface area contributed by atoms with Crippen LogP contribution in [0.1, 0.15) is 33.1 Å². The Balaban J connectivity index is 1.73. The van der Waals surface area contributed by atoms with Crippen LogP contribution < -0.4 is 0 Å². The third-order valence-electron chi connectivity index (χ3n) is 5.71. The molecule has 3 rings (SSSR count). The van der Waals surface area contributed by atoms with Gasteiger partial charge in [0.2, 0.25) is 0 Å². The Kier molecular flexibility index (Phi) is 3.59. The van der Waals surface area contributed by atoms with Crippen molar-refractivity contribution in [1.29, 1.82) is 0 Å². The fraction of sp³-hybridized carbons (Fsp3) is 0.867. The van der Waals surface area contributed by atoms with Gasteiger partial charge in [0.25, 0.3) is 0 Å². The SMILES string of the molecule is CC1CN(C(=O)N2C3CCC2C(C(=O)O)C3)CC(C)N1C. The molecule has 0 aromatic carbocycles. The van der Waals surface area contributed by atoms with E-state index < -0.39 is 5.97 Å². The lowest BCUT2D eigenvalue weighted by molar-refractivity contribution is -0.142. The van der Waals surface area contributed by atoms with Crippen molar-refractivity contribution in [3.8, 4) is 0 Å². The van der Waals surface area contributed by atoms with Gasteiger partial charge >= 0.3 is 12.0 Å². The van der Waals surface area contributed by atoms with E-state index in [2.05, 4.69) is 25.8 Å². The molecule has 5 atom stereocenters. The van der Waals surface area contributed by atoms with Gasteiger partial charge in [0, 0.05) is 37.3 Å². The van der Waals surface area contributed by atoms with Gasteiger partial charge in [-0.05, 0) is 40.2 Å². The fourth-order valence-corrected chi connectivity index (χ4v) is 4.28. The first-order valence-electron chi connectivity index (χ1n) is 7.92. The second-order valence-electron chi connectivity index (χ2n) is 6.94. The molecule has 5 unspecified atom stereocenters. The number of hydrogen-bond donors (Lipinski definition) is 1. The van der Waals surface area contributed by atoms with Crippen molar-refractivity contribution in [3.63, 3.8) is 0 Å². The molecule has 3 aliphatic rings. The summed E-state index contributed by atoms with van der Waals surface area (Å²) in [5, 5.41) is 9.31. The largest absolute Gasteiger partial charge is 0.481 e. The zero-order chi connectivity index (χ0) is 15.3. The molecule has 0 saturated carbocycles. The van der Waals surface area contributed by atoms with Crippen LogP contribution in [-0.4, -0.2) is 76.1 Å². The monoisotopic (exact) mass is 295 g/mol. The Bertz CT molecular complexity index is 443. The third kappa shape index (κ3) is 2.29. The summed E-state index contributed by atoms with van der Waals surface area (Å²) in [5.74, 6) is -1.12. The number of carboxylic acids is 1. The number of carbonyl (C=O) groups is 2. The molecule has 0 aromatic heterocycles. The van der Waals surface area contributed by atoms with Crippen LogP contribution in [0.25, 0.3) is 0 Å². The fourth-order valence-electron chi connectivity index (χ4n) is 4.28. The molecule has 3 fully saturated rings. The van der Waals surface area contributed by atoms with E-state index in [0.29, 0.717) is 18.5 Å². The highest BCUT2D eigenvalue weighted by Crippen LogP contribution is 2.42. The number of rotatable bonds is 1. The molecule has 2 bridgehead atoms. The maximum absolute atomic E-state index is 12.9. The Hall–Kier alpha value is -1.30. The Morgan fingerprint density at radius 2 is 1.71 bits per heavy atom. The Morgan fingerprint density at radius 3 is 2.24 bits per heavy atom. The van der Waals surface area contributed by atoms with Crippen LogP contribution in [0.2, 0.25) is 0 Å². The van der Waals surface area contributed by atoms with Gasteiger partial charge in [-0.15, -0.1) is 0 Å². The highest BCUT2D eigenvalue weighted by molar-refractivity contribution is 5.79. The van der Waals surface area contributed by atoms with Crippen molar-refractivity contribution in [2.24, 2.45) is 5.92 Å². The predicted molar refractivity (Wildman–Crippen MR) is 78.0 cm³/mol. The lowest BCUT2D eigenvalue weighted by Crippen LogP contribution is -2.59. The van der Waals surface area contributed by atoms with Gasteiger partial charge in [-0.3, -0.25) is 9.69 Å². The maximum atomic E-state index is 12.9. The average Bonchev–Trinajstić information content (AvgIpc) is 3.01. The van der Waals surface area contributed by atoms with Crippen LogP contribution in [0.4, 0.5) is 4.79 Å². The molecule has 118 valence electrons. The van der Waals surface area contributed by atoms with E-state index in [0.717, 1.165) is 25.9 Å². The lowest BCUT2D eigenvalue weighted by Gasteiger charge is -2.44. The summed E-state index contributed by atoms with van der Waals surface area (Å²) < 4.78 is 0. The second-order valence-corrected chi connectivity index (χ2v) is 6.94. The van der Waals surface area contributed by atoms with Gasteiger partial charge in [-0.25, -0.2) is 4.79 Å². The van der Waals surface area contributed by atoms with Crippen molar-refractivity contribution in [1.82, 2.24) is 14.7 Å². The number of fused-ring (bicyclic) bond motifs is 2. The first kappa shape index (κ1) is 14.6. The number of carbonyl (C=O) groups excluding carboxylic acids is 1. The van der Waals surface area contributed by atoms with Crippen LogP contribution in [-0.2, 0) is 4.79 Å². The topological polar surface area (TPSA) is 64.1 Å². The van der Waals surface area contributed by atoms with Crippen LogP contribution in [0.3, 0.4) is 0 Å². The van der Waals surface area contributed by atoms with Crippen LogP contribution in [0.5, 0.6) is 0 Å². The number of carboxylic acid groups (broad SMARTS) is 1. The van der Waals surface area contributed by atoms with Gasteiger partial charge < -0.3 is 14.9 Å². The van der Waals surface area contributed by atoms with Crippen molar-refractivity contribution in [3.05, 3.63) is 0 Å². The minimum Gasteiger partial charge on any atom is -0.481 e. The van der Waals surface area contributed by atoms with Gasteiger partial charge in [0.1, 0.15) is 0 Å². The van der Waals surface area contributed by atoms with E-state index >= 15 is 0 Å². The molecular formula is C15H25N3O3. The standard InChI is InChI=1S/C15H25N3O3/c1-9-7-17(8-10(2)16(9)3)15(21)18-11-4-5-13(18)12(6-11)14(19)20/h9-13H,4-8H2,1-3H3,(H,19,20). The number of piperazine rings is 1. The van der Waals surface area contributed by atoms with Gasteiger partial charge in [0.05, 0.1) is 5.92 Å². The number of amides is 2. The average molecular weight is 295 g/mol. The van der Waals surface area contributed by atoms with Crippen molar-refractivity contribution in [2.75, 3.05) is 20.1 Å². The molecule has 2 amide bonds. The first-order chi connectivity index (χ1) is 9.90. The van der Waals surface area contributed by atoms with Crippen LogP contribution >= 0.6 is 0 Å². The minimum atomic E-state index is -0.750. The quantitative estimate of drug-likeness (QED) is 0.786. The predicted octanol–water partition coefficient (Wildman–Crippen LogP) is 1.07. The first-order valence-corrected chi connectivity index (χ1v) is 7.92. The minimum absolute atomic E-state index is 0.0537. The third-order valence-corrected chi connectivity index (χ3v) is 5.71. The Morgan fingerprint density at radius 1 is 1.10 bits per heavy atom. The van der Waals surface area contributed by atoms with Crippen LogP contribution in [0.15, 0.2) is 0 Å². The highest BCUT2D eigenvalue weighted by Gasteiger charge is 2.52. The molecule has 3 saturated heterocycles. The van der Waals surface area contributed by atoms with Gasteiger partial charge in [-0.1, -0.05) is 0 Å². The summed E-state index contributed by atoms with van der Waals surface area (Å²) in [6.07, 6.45) is 2.43. The summed E-state index contributed by atoms with van der Waals surface area (Å²) >= 11 is 0. The van der Waals surface area contributed by atoms with Crippen molar-refractivity contribution >= 4 is 12.0 Å². The summed E-state index contributed by atoms with van der Waals surface area (Å²) in [7, 11) is 2.09. The molecule has 6 heteroatoms. The second kappa shape index (κ2) is 5.16. The van der Waals surface area contributed by atoms with Crippen LogP contribution in [0, 0.1) is 5.92 Å². The van der Waals surface area contributed by atoms with E-state index in [1.165, 1.54) is 0 Å². The molecular weight excluding hydrogens is 270 g/mol. The molecule has 1 N–H and O–H groups in total. The number of hydrogen-bond acceptors (Lipinski definition) is 3. The number of urea groups is 1. The molecule has 0 spiro atoms. The van der Waals surface area contributed by atoms with E-state index in [4.69, 9.17) is 0 Å². The highest BCUT2D eigenvalue weighted by atomic mass is 16.4. The van der Waals surface area contributed by atoms with Gasteiger partial charge in [0.15, 0.2) is 0 Å². The number of aliphatic carboxylic acids is 1. The molecule has 3 heterocycles. The number of nitrogens with zero attached hydrogens (tertiary/aromatic N) is 3. The van der Waals surface area contributed by atoms with E-state index in [1.807, 2.05) is 9.80 Å². The zero-order valence-electron chi connectivity index (χ0n) is 13.0. The molecule has 0 aromatic rings.